The van der Waals surface area contributed by atoms with Crippen molar-refractivity contribution in [1.29, 1.82) is 0 Å². The highest BCUT2D eigenvalue weighted by atomic mass is 35.5. The average Bonchev–Trinajstić information content (AvgIpc) is 2.30. The highest BCUT2D eigenvalue weighted by Crippen LogP contribution is 2.17. The Hall–Kier alpha value is -0.740. The molecular formula is C7H5ClN2OS. The zero-order valence-corrected chi connectivity index (χ0v) is 7.55. The van der Waals surface area contributed by atoms with E-state index in [1.807, 2.05) is 0 Å². The first-order valence-electron chi connectivity index (χ1n) is 3.33. The van der Waals surface area contributed by atoms with Crippen LogP contribution in [0.2, 0.25) is 0 Å². The van der Waals surface area contributed by atoms with Gasteiger partial charge in [-0.15, -0.1) is 0 Å². The molecule has 62 valence electrons. The third-order valence-corrected chi connectivity index (χ3v) is 3.21. The first-order chi connectivity index (χ1) is 5.79. The maximum absolute atomic E-state index is 11.4. The molecule has 0 saturated carbocycles. The summed E-state index contributed by atoms with van der Waals surface area (Å²) in [5.41, 5.74) is 0.623. The van der Waals surface area contributed by atoms with E-state index in [0.29, 0.717) is 10.8 Å². The van der Waals surface area contributed by atoms with E-state index in [9.17, 15) is 4.21 Å². The lowest BCUT2D eigenvalue weighted by Gasteiger charge is -1.92. The predicted octanol–water partition coefficient (Wildman–Crippen LogP) is 1.19. The van der Waals surface area contributed by atoms with Crippen molar-refractivity contribution in [2.24, 2.45) is 9.98 Å². The summed E-state index contributed by atoms with van der Waals surface area (Å²) in [6.07, 6.45) is 6.89. The molecule has 0 aromatic rings. The maximum Gasteiger partial charge on any atom is 0.204 e. The van der Waals surface area contributed by atoms with Crippen LogP contribution in [0, 0.1) is 0 Å². The van der Waals surface area contributed by atoms with Gasteiger partial charge in [0.15, 0.2) is 5.04 Å². The van der Waals surface area contributed by atoms with E-state index >= 15 is 0 Å². The second-order valence-corrected chi connectivity index (χ2v) is 4.34. The molecule has 2 unspecified atom stereocenters. The van der Waals surface area contributed by atoms with E-state index in [2.05, 4.69) is 9.98 Å². The second kappa shape index (κ2) is 2.95. The van der Waals surface area contributed by atoms with Crippen LogP contribution in [0.25, 0.3) is 0 Å². The first kappa shape index (κ1) is 7.89. The summed E-state index contributed by atoms with van der Waals surface area (Å²) in [4.78, 5) is 7.28. The van der Waals surface area contributed by atoms with Gasteiger partial charge in [-0.2, -0.15) is 0 Å². The lowest BCUT2D eigenvalue weighted by molar-refractivity contribution is 0.689. The van der Waals surface area contributed by atoms with E-state index in [0.717, 1.165) is 0 Å². The summed E-state index contributed by atoms with van der Waals surface area (Å²) in [5, 5.41) is 0.472. The fraction of sp³-hybridized carbons (Fsp3) is 0.143. The van der Waals surface area contributed by atoms with Crippen LogP contribution in [0.4, 0.5) is 0 Å². The molecule has 0 radical (unpaired) electrons. The van der Waals surface area contributed by atoms with E-state index in [-0.39, 0.29) is 0 Å². The quantitative estimate of drug-likeness (QED) is 0.428. The van der Waals surface area contributed by atoms with Crippen LogP contribution in [0.5, 0.6) is 0 Å². The third-order valence-electron chi connectivity index (χ3n) is 1.47. The lowest BCUT2D eigenvalue weighted by atomic mass is 10.3. The van der Waals surface area contributed by atoms with Gasteiger partial charge in [0.1, 0.15) is 10.8 Å². The molecule has 0 fully saturated rings. The highest BCUT2D eigenvalue weighted by Gasteiger charge is 2.29. The maximum atomic E-state index is 11.4. The van der Waals surface area contributed by atoms with E-state index in [4.69, 9.17) is 11.6 Å². The Morgan fingerprint density at radius 1 is 1.50 bits per heavy atom. The van der Waals surface area contributed by atoms with Crippen LogP contribution >= 0.6 is 11.6 Å². The first-order valence-corrected chi connectivity index (χ1v) is 4.98. The molecule has 0 aliphatic carbocycles. The Kier molecular flexibility index (Phi) is 1.94. The molecule has 2 rings (SSSR count). The number of fused-ring (bicyclic) bond motifs is 1. The van der Waals surface area contributed by atoms with Crippen LogP contribution in [-0.2, 0) is 10.8 Å². The minimum Gasteiger partial charge on any atom is -0.249 e. The highest BCUT2D eigenvalue weighted by molar-refractivity contribution is 8.05. The molecule has 0 N–H and O–H groups in total. The zero-order valence-electron chi connectivity index (χ0n) is 5.98. The molecule has 2 heterocycles. The van der Waals surface area contributed by atoms with Gasteiger partial charge in [-0.05, 0) is 12.2 Å². The van der Waals surface area contributed by atoms with Crippen LogP contribution in [0.15, 0.2) is 34.4 Å². The molecule has 0 bridgehead atoms. The Morgan fingerprint density at radius 3 is 3.17 bits per heavy atom. The molecule has 0 aromatic carbocycles. The van der Waals surface area contributed by atoms with Crippen molar-refractivity contribution in [1.82, 2.24) is 0 Å². The van der Waals surface area contributed by atoms with Crippen molar-refractivity contribution in [3.63, 3.8) is 0 Å². The summed E-state index contributed by atoms with van der Waals surface area (Å²) in [6, 6.07) is 0. The summed E-state index contributed by atoms with van der Waals surface area (Å²) in [7, 11) is -1.29. The molecule has 0 saturated heterocycles. The molecule has 0 spiro atoms. The number of alkyl halides is 1. The Bertz CT molecular complexity index is 356. The van der Waals surface area contributed by atoms with Gasteiger partial charge in [-0.1, -0.05) is 17.7 Å². The van der Waals surface area contributed by atoms with Gasteiger partial charge in [0.25, 0.3) is 0 Å². The van der Waals surface area contributed by atoms with Crippen molar-refractivity contribution < 1.29 is 4.21 Å². The van der Waals surface area contributed by atoms with Gasteiger partial charge in [-0.3, -0.25) is 0 Å². The predicted molar refractivity (Wildman–Crippen MR) is 50.9 cm³/mol. The fourth-order valence-electron chi connectivity index (χ4n) is 0.947. The number of nitrogens with zero attached hydrogens (tertiary/aromatic N) is 2. The molecule has 2 aliphatic rings. The Balaban J connectivity index is 2.49. The number of hydrogen-bond acceptors (Lipinski definition) is 3. The number of halogens is 1. The van der Waals surface area contributed by atoms with Crippen LogP contribution in [0.1, 0.15) is 0 Å². The van der Waals surface area contributed by atoms with Crippen molar-refractivity contribution in [2.75, 3.05) is 0 Å². The number of allylic oxidation sites excluding steroid dienone is 3. The molecule has 12 heavy (non-hydrogen) atoms. The molecular weight excluding hydrogens is 196 g/mol. The average molecular weight is 201 g/mol. The van der Waals surface area contributed by atoms with Gasteiger partial charge in [0.05, 0.1) is 5.71 Å². The third kappa shape index (κ3) is 1.17. The second-order valence-electron chi connectivity index (χ2n) is 2.24. The molecule has 0 aromatic heterocycles. The summed E-state index contributed by atoms with van der Waals surface area (Å²) >= 11 is 5.66. The summed E-state index contributed by atoms with van der Waals surface area (Å²) in [6.45, 7) is 0. The van der Waals surface area contributed by atoms with Gasteiger partial charge >= 0.3 is 0 Å². The van der Waals surface area contributed by atoms with Crippen molar-refractivity contribution in [2.45, 2.75) is 4.83 Å². The van der Waals surface area contributed by atoms with Crippen molar-refractivity contribution >= 4 is 33.2 Å². The minimum absolute atomic E-state index is 0.472. The molecule has 0 amide bonds. The molecule has 2 atom stereocenters. The standard InChI is InChI=1S/C7H5ClN2OS/c8-7-10-5-3-1-2-4-9-6(5)12(7)11/h1-4,7H. The normalized spacial score (nSPS) is 32.4. The zero-order chi connectivity index (χ0) is 8.55. The lowest BCUT2D eigenvalue weighted by Crippen LogP contribution is -2.12. The van der Waals surface area contributed by atoms with Crippen LogP contribution in [0.3, 0.4) is 0 Å². The van der Waals surface area contributed by atoms with Gasteiger partial charge in [-0.25, -0.2) is 14.2 Å². The van der Waals surface area contributed by atoms with E-state index in [1.54, 1.807) is 24.4 Å². The van der Waals surface area contributed by atoms with E-state index in [1.165, 1.54) is 0 Å². The van der Waals surface area contributed by atoms with Crippen molar-refractivity contribution in [3.05, 3.63) is 24.4 Å². The monoisotopic (exact) mass is 200 g/mol. The smallest absolute Gasteiger partial charge is 0.204 e. The summed E-state index contributed by atoms with van der Waals surface area (Å²) in [5.74, 6) is 0. The van der Waals surface area contributed by atoms with Crippen LogP contribution in [-0.4, -0.2) is 19.8 Å². The Labute approximate surface area is 77.0 Å². The van der Waals surface area contributed by atoms with E-state index < -0.39 is 15.6 Å². The minimum atomic E-state index is -1.29. The number of aliphatic imine (C=N–C) groups is 2. The number of hydrogen-bond donors (Lipinski definition) is 0. The Morgan fingerprint density at radius 2 is 2.33 bits per heavy atom. The molecule has 2 aliphatic heterocycles. The van der Waals surface area contributed by atoms with Gasteiger partial charge < -0.3 is 0 Å². The van der Waals surface area contributed by atoms with Crippen molar-refractivity contribution in [3.8, 4) is 0 Å². The molecule has 5 heteroatoms. The van der Waals surface area contributed by atoms with Gasteiger partial charge in [0.2, 0.25) is 4.83 Å². The summed E-state index contributed by atoms with van der Waals surface area (Å²) < 4.78 is 11.4. The largest absolute Gasteiger partial charge is 0.249 e. The van der Waals surface area contributed by atoms with Gasteiger partial charge in [0, 0.05) is 6.20 Å². The molecule has 3 nitrogen and oxygen atoms in total. The SMILES string of the molecule is O=S1C2=NC=CC=CC2=NC1Cl. The fourth-order valence-corrected chi connectivity index (χ4v) is 2.19. The topological polar surface area (TPSA) is 41.8 Å². The van der Waals surface area contributed by atoms with Crippen LogP contribution < -0.4 is 0 Å². The number of rotatable bonds is 0.